The fraction of sp³-hybridized carbons (Fsp3) is 0.350. The fourth-order valence-electron chi connectivity index (χ4n) is 3.44. The number of hydrogen-bond acceptors (Lipinski definition) is 6. The van der Waals surface area contributed by atoms with Gasteiger partial charge in [0.25, 0.3) is 0 Å². The molecule has 6 nitrogen and oxygen atoms in total. The molecule has 0 N–H and O–H groups in total. The highest BCUT2D eigenvalue weighted by atomic mass is 32.2. The average Bonchev–Trinajstić information content (AvgIpc) is 2.67. The van der Waals surface area contributed by atoms with Gasteiger partial charge in [0.15, 0.2) is 0 Å². The van der Waals surface area contributed by atoms with Crippen molar-refractivity contribution in [1.29, 1.82) is 0 Å². The van der Waals surface area contributed by atoms with Gasteiger partial charge in [-0.1, -0.05) is 30.3 Å². The summed E-state index contributed by atoms with van der Waals surface area (Å²) in [7, 11) is 1.58. The number of nitro groups is 1. The number of carbonyl (C=O) groups excluding carboxylic acids is 1. The third-order valence-corrected chi connectivity index (χ3v) is 6.11. The second-order valence-electron chi connectivity index (χ2n) is 6.24. The number of fused-ring (bicyclic) bond motifs is 1. The van der Waals surface area contributed by atoms with E-state index in [9.17, 15) is 14.9 Å². The van der Waals surface area contributed by atoms with Gasteiger partial charge < -0.3 is 9.47 Å². The molecule has 2 aromatic carbocycles. The van der Waals surface area contributed by atoms with Gasteiger partial charge in [-0.2, -0.15) is 0 Å². The smallest absolute Gasteiger partial charge is 0.306 e. The van der Waals surface area contributed by atoms with Crippen LogP contribution in [0.4, 0.5) is 0 Å². The number of methoxy groups -OCH3 is 1. The van der Waals surface area contributed by atoms with E-state index in [0.29, 0.717) is 5.75 Å². The summed E-state index contributed by atoms with van der Waals surface area (Å²) in [6.45, 7) is 1.99. The van der Waals surface area contributed by atoms with E-state index in [4.69, 9.17) is 9.47 Å². The molecule has 0 radical (unpaired) electrons. The Balaban J connectivity index is 2.03. The molecule has 0 aliphatic carbocycles. The molecular weight excluding hydrogens is 366 g/mol. The van der Waals surface area contributed by atoms with Gasteiger partial charge in [0.05, 0.1) is 26.1 Å². The first-order chi connectivity index (χ1) is 13.0. The number of hydrogen-bond donors (Lipinski definition) is 0. The van der Waals surface area contributed by atoms with Crippen LogP contribution in [-0.4, -0.2) is 30.7 Å². The van der Waals surface area contributed by atoms with Gasteiger partial charge >= 0.3 is 5.97 Å². The van der Waals surface area contributed by atoms with E-state index in [1.165, 1.54) is 11.8 Å². The molecule has 0 unspecified atom stereocenters. The summed E-state index contributed by atoms with van der Waals surface area (Å²) in [5.41, 5.74) is 1.67. The summed E-state index contributed by atoms with van der Waals surface area (Å²) in [6.07, 6.45) is -0.0102. The molecule has 0 spiro atoms. The van der Waals surface area contributed by atoms with E-state index >= 15 is 0 Å². The number of esters is 1. The van der Waals surface area contributed by atoms with Crippen LogP contribution in [0.3, 0.4) is 0 Å². The molecular formula is C20H21NO5S. The minimum Gasteiger partial charge on any atom is -0.497 e. The third kappa shape index (κ3) is 4.08. The van der Waals surface area contributed by atoms with Gasteiger partial charge in [-0.15, -0.1) is 11.8 Å². The van der Waals surface area contributed by atoms with Crippen molar-refractivity contribution < 1.29 is 19.2 Å². The van der Waals surface area contributed by atoms with Gasteiger partial charge in [0.1, 0.15) is 11.0 Å². The molecule has 1 aliphatic rings. The molecule has 3 atom stereocenters. The summed E-state index contributed by atoms with van der Waals surface area (Å²) in [5, 5.41) is 11.6. The van der Waals surface area contributed by atoms with E-state index < -0.39 is 23.2 Å². The van der Waals surface area contributed by atoms with Crippen LogP contribution in [0.25, 0.3) is 0 Å². The lowest BCUT2D eigenvalue weighted by Gasteiger charge is -2.33. The Labute approximate surface area is 162 Å². The van der Waals surface area contributed by atoms with Crippen LogP contribution in [0.2, 0.25) is 0 Å². The lowest BCUT2D eigenvalue weighted by molar-refractivity contribution is -0.527. The minimum atomic E-state index is -0.928. The van der Waals surface area contributed by atoms with E-state index in [1.54, 1.807) is 26.2 Å². The van der Waals surface area contributed by atoms with Crippen molar-refractivity contribution in [3.8, 4) is 5.75 Å². The minimum absolute atomic E-state index is 0.0102. The van der Waals surface area contributed by atoms with E-state index in [1.807, 2.05) is 36.4 Å². The maximum absolute atomic E-state index is 12.1. The normalized spacial score (nSPS) is 21.2. The first-order valence-corrected chi connectivity index (χ1v) is 9.61. The zero-order valence-electron chi connectivity index (χ0n) is 15.2. The molecule has 0 aromatic heterocycles. The van der Waals surface area contributed by atoms with Crippen LogP contribution >= 0.6 is 11.8 Å². The zero-order valence-corrected chi connectivity index (χ0v) is 16.0. The molecule has 27 heavy (non-hydrogen) atoms. The first kappa shape index (κ1) is 19.2. The van der Waals surface area contributed by atoms with E-state index in [0.717, 1.165) is 16.0 Å². The second kappa shape index (κ2) is 8.43. The van der Waals surface area contributed by atoms with Crippen LogP contribution in [0.1, 0.15) is 35.6 Å². The summed E-state index contributed by atoms with van der Waals surface area (Å²) in [5.74, 6) is -0.256. The number of carbonyl (C=O) groups is 1. The molecule has 142 valence electrons. The largest absolute Gasteiger partial charge is 0.497 e. The molecule has 0 fully saturated rings. The van der Waals surface area contributed by atoms with E-state index in [-0.39, 0.29) is 18.0 Å². The van der Waals surface area contributed by atoms with E-state index in [2.05, 4.69) is 0 Å². The Bertz CT molecular complexity index is 823. The van der Waals surface area contributed by atoms with Gasteiger partial charge in [-0.25, -0.2) is 0 Å². The second-order valence-corrected chi connectivity index (χ2v) is 7.42. The lowest BCUT2D eigenvalue weighted by Crippen LogP contribution is -2.37. The van der Waals surface area contributed by atoms with Crippen molar-refractivity contribution in [1.82, 2.24) is 0 Å². The summed E-state index contributed by atoms with van der Waals surface area (Å²) in [4.78, 5) is 24.9. The monoisotopic (exact) mass is 387 g/mol. The van der Waals surface area contributed by atoms with Crippen LogP contribution in [-0.2, 0) is 9.53 Å². The van der Waals surface area contributed by atoms with Crippen LogP contribution in [0.15, 0.2) is 53.4 Å². The fourth-order valence-corrected chi connectivity index (χ4v) is 4.95. The highest BCUT2D eigenvalue weighted by Gasteiger charge is 2.47. The van der Waals surface area contributed by atoms with Crippen molar-refractivity contribution >= 4 is 17.7 Å². The molecule has 2 aromatic rings. The molecule has 0 saturated carbocycles. The van der Waals surface area contributed by atoms with Crippen molar-refractivity contribution in [2.24, 2.45) is 0 Å². The predicted octanol–water partition coefficient (Wildman–Crippen LogP) is 4.22. The summed E-state index contributed by atoms with van der Waals surface area (Å²) < 4.78 is 10.3. The first-order valence-electron chi connectivity index (χ1n) is 8.73. The topological polar surface area (TPSA) is 78.7 Å². The summed E-state index contributed by atoms with van der Waals surface area (Å²) >= 11 is 1.47. The van der Waals surface area contributed by atoms with Gasteiger partial charge in [0, 0.05) is 9.82 Å². The maximum Gasteiger partial charge on any atom is 0.306 e. The van der Waals surface area contributed by atoms with Gasteiger partial charge in [-0.05, 0) is 36.2 Å². The number of thioether (sulfide) groups is 1. The number of rotatable bonds is 6. The van der Waals surface area contributed by atoms with Crippen LogP contribution in [0, 0.1) is 10.1 Å². The summed E-state index contributed by atoms with van der Waals surface area (Å²) in [6, 6.07) is 13.9. The number of nitrogens with zero attached hydrogens (tertiary/aromatic N) is 1. The molecule has 1 heterocycles. The average molecular weight is 387 g/mol. The van der Waals surface area contributed by atoms with Crippen LogP contribution < -0.4 is 4.74 Å². The van der Waals surface area contributed by atoms with Crippen molar-refractivity contribution in [2.45, 2.75) is 35.4 Å². The highest BCUT2D eigenvalue weighted by Crippen LogP contribution is 2.51. The molecule has 0 amide bonds. The Morgan fingerprint density at radius 1 is 1.19 bits per heavy atom. The Kier molecular flexibility index (Phi) is 6.01. The maximum atomic E-state index is 12.1. The SMILES string of the molecule is CCOC(=O)C[C@@H]1c2ccccc2S[C@H](c2ccc(OC)cc2)[C@H]1[N+](=O)[O-]. The Morgan fingerprint density at radius 3 is 2.52 bits per heavy atom. The molecule has 1 aliphatic heterocycles. The van der Waals surface area contributed by atoms with Gasteiger partial charge in [-0.3, -0.25) is 14.9 Å². The Morgan fingerprint density at radius 2 is 1.89 bits per heavy atom. The lowest BCUT2D eigenvalue weighted by atomic mass is 9.84. The predicted molar refractivity (Wildman–Crippen MR) is 103 cm³/mol. The zero-order chi connectivity index (χ0) is 19.4. The van der Waals surface area contributed by atoms with Crippen molar-refractivity contribution in [3.63, 3.8) is 0 Å². The number of ether oxygens (including phenoxy) is 2. The van der Waals surface area contributed by atoms with Crippen LogP contribution in [0.5, 0.6) is 5.75 Å². The quantitative estimate of drug-likeness (QED) is 0.419. The molecule has 0 saturated heterocycles. The molecule has 0 bridgehead atoms. The third-order valence-electron chi connectivity index (χ3n) is 4.67. The van der Waals surface area contributed by atoms with Gasteiger partial charge in [0.2, 0.25) is 6.04 Å². The number of benzene rings is 2. The highest BCUT2D eigenvalue weighted by molar-refractivity contribution is 7.99. The molecule has 7 heteroatoms. The Hall–Kier alpha value is -2.54. The standard InChI is InChI=1S/C20H21NO5S/c1-3-26-18(22)12-16-15-6-4-5-7-17(15)27-20(19(16)21(23)24)13-8-10-14(25-2)11-9-13/h4-11,16,19-20H,3,12H2,1-2H3/t16-,19+,20-/m1/s1. The van der Waals surface area contributed by atoms with Crippen molar-refractivity contribution in [3.05, 3.63) is 69.8 Å². The molecule has 3 rings (SSSR count). The van der Waals surface area contributed by atoms with Crippen molar-refractivity contribution in [2.75, 3.05) is 13.7 Å².